The van der Waals surface area contributed by atoms with Gasteiger partial charge in [-0.15, -0.1) is 0 Å². The molecule has 3 aromatic rings. The van der Waals surface area contributed by atoms with Gasteiger partial charge < -0.3 is 4.74 Å². The number of hydrazone groups is 1. The largest absolute Gasteiger partial charge is 0.482 e. The number of para-hydroxylation sites is 4. The zero-order valence-electron chi connectivity index (χ0n) is 14.2. The fourth-order valence-corrected chi connectivity index (χ4v) is 2.71. The van der Waals surface area contributed by atoms with E-state index in [1.165, 1.54) is 11.1 Å². The van der Waals surface area contributed by atoms with Crippen molar-refractivity contribution in [2.75, 3.05) is 18.1 Å². The molecule has 8 nitrogen and oxygen atoms in total. The third-order valence-corrected chi connectivity index (χ3v) is 3.96. The van der Waals surface area contributed by atoms with Crippen molar-refractivity contribution < 1.29 is 14.3 Å². The number of ether oxygens (including phenoxy) is 1. The molecule has 2 heterocycles. The van der Waals surface area contributed by atoms with E-state index in [9.17, 15) is 9.59 Å². The summed E-state index contributed by atoms with van der Waals surface area (Å²) in [5, 5.41) is 3.90. The summed E-state index contributed by atoms with van der Waals surface area (Å²) >= 11 is 0. The maximum atomic E-state index is 12.2. The Kier molecular flexibility index (Phi) is 4.44. The minimum Gasteiger partial charge on any atom is -0.482 e. The van der Waals surface area contributed by atoms with Gasteiger partial charge in [-0.2, -0.15) is 5.10 Å². The average molecular weight is 361 g/mol. The lowest BCUT2D eigenvalue weighted by Crippen LogP contribution is -2.44. The fraction of sp³-hybridized carbons (Fsp3) is 0.105. The monoisotopic (exact) mass is 361 g/mol. The van der Waals surface area contributed by atoms with Gasteiger partial charge in [0.25, 0.3) is 11.8 Å². The van der Waals surface area contributed by atoms with Crippen LogP contribution in [0.4, 0.5) is 5.69 Å². The Balaban J connectivity index is 1.42. The van der Waals surface area contributed by atoms with Crippen LogP contribution in [0.3, 0.4) is 0 Å². The van der Waals surface area contributed by atoms with Crippen LogP contribution in [0.15, 0.2) is 59.8 Å². The van der Waals surface area contributed by atoms with Gasteiger partial charge >= 0.3 is 0 Å². The van der Waals surface area contributed by atoms with Gasteiger partial charge in [0.05, 0.1) is 29.1 Å². The Morgan fingerprint density at radius 1 is 1.19 bits per heavy atom. The molecule has 2 amide bonds. The summed E-state index contributed by atoms with van der Waals surface area (Å²) in [6.07, 6.45) is 2.98. The van der Waals surface area contributed by atoms with Crippen LogP contribution in [-0.2, 0) is 9.59 Å². The number of carbonyl (C=O) groups is 2. The maximum absolute atomic E-state index is 12.2. The molecule has 1 aliphatic heterocycles. The van der Waals surface area contributed by atoms with E-state index in [0.717, 1.165) is 11.0 Å². The van der Waals surface area contributed by atoms with Crippen molar-refractivity contribution in [3.8, 4) is 5.75 Å². The molecule has 0 atom stereocenters. The summed E-state index contributed by atoms with van der Waals surface area (Å²) in [6.45, 7) is -0.250. The van der Waals surface area contributed by atoms with Crippen molar-refractivity contribution in [1.29, 1.82) is 0 Å². The lowest BCUT2D eigenvalue weighted by atomic mass is 10.2. The van der Waals surface area contributed by atoms with E-state index >= 15 is 0 Å². The minimum atomic E-state index is -0.426. The average Bonchev–Trinajstić information content (AvgIpc) is 2.70. The number of rotatable bonds is 4. The zero-order chi connectivity index (χ0) is 18.6. The van der Waals surface area contributed by atoms with E-state index in [4.69, 9.17) is 4.74 Å². The number of carbonyl (C=O) groups excluding carboxylic acids is 2. The van der Waals surface area contributed by atoms with Crippen LogP contribution in [0.5, 0.6) is 5.75 Å². The van der Waals surface area contributed by atoms with E-state index in [-0.39, 0.29) is 19.1 Å². The van der Waals surface area contributed by atoms with E-state index in [1.54, 1.807) is 24.4 Å². The Hall–Kier alpha value is -3.81. The van der Waals surface area contributed by atoms with Gasteiger partial charge in [-0.3, -0.25) is 19.5 Å². The Bertz CT molecular complexity index is 1050. The second kappa shape index (κ2) is 7.20. The number of nitrogens with zero attached hydrogens (tertiary/aromatic N) is 4. The van der Waals surface area contributed by atoms with Crippen molar-refractivity contribution in [2.24, 2.45) is 5.10 Å². The van der Waals surface area contributed by atoms with Crippen molar-refractivity contribution in [1.82, 2.24) is 15.4 Å². The predicted octanol–water partition coefficient (Wildman–Crippen LogP) is 1.51. The molecule has 0 fully saturated rings. The van der Waals surface area contributed by atoms with Crippen LogP contribution in [-0.4, -0.2) is 41.1 Å². The highest BCUT2D eigenvalue weighted by Crippen LogP contribution is 2.31. The quantitative estimate of drug-likeness (QED) is 0.561. The van der Waals surface area contributed by atoms with E-state index in [0.29, 0.717) is 17.1 Å². The first-order valence-corrected chi connectivity index (χ1v) is 8.26. The first-order chi connectivity index (χ1) is 13.2. The maximum Gasteiger partial charge on any atom is 0.265 e. The molecule has 8 heteroatoms. The number of amides is 2. The fourth-order valence-electron chi connectivity index (χ4n) is 2.71. The number of hydrogen-bond donors (Lipinski definition) is 1. The molecule has 0 unspecified atom stereocenters. The third kappa shape index (κ3) is 3.59. The van der Waals surface area contributed by atoms with Gasteiger partial charge in [0, 0.05) is 0 Å². The van der Waals surface area contributed by atoms with Gasteiger partial charge in [0.2, 0.25) is 0 Å². The summed E-state index contributed by atoms with van der Waals surface area (Å²) < 4.78 is 5.35. The summed E-state index contributed by atoms with van der Waals surface area (Å²) in [5.74, 6) is -0.141. The molecule has 0 radical (unpaired) electrons. The van der Waals surface area contributed by atoms with Crippen LogP contribution in [0.2, 0.25) is 0 Å². The second-order valence-corrected chi connectivity index (χ2v) is 5.81. The number of hydrogen-bond acceptors (Lipinski definition) is 6. The van der Waals surface area contributed by atoms with Gasteiger partial charge in [0.1, 0.15) is 18.0 Å². The highest BCUT2D eigenvalue weighted by molar-refractivity contribution is 6.02. The molecule has 2 aromatic carbocycles. The zero-order valence-corrected chi connectivity index (χ0v) is 14.2. The molecule has 1 N–H and O–H groups in total. The highest BCUT2D eigenvalue weighted by atomic mass is 16.5. The smallest absolute Gasteiger partial charge is 0.265 e. The Labute approximate surface area is 154 Å². The van der Waals surface area contributed by atoms with Crippen molar-refractivity contribution in [3.05, 3.63) is 60.4 Å². The van der Waals surface area contributed by atoms with Crippen LogP contribution in [0.25, 0.3) is 11.0 Å². The van der Waals surface area contributed by atoms with Crippen LogP contribution < -0.4 is 15.1 Å². The second-order valence-electron chi connectivity index (χ2n) is 5.81. The van der Waals surface area contributed by atoms with Crippen LogP contribution >= 0.6 is 0 Å². The molecule has 4 rings (SSSR count). The molecule has 0 saturated carbocycles. The lowest BCUT2D eigenvalue weighted by molar-refractivity contribution is -0.125. The van der Waals surface area contributed by atoms with E-state index < -0.39 is 5.91 Å². The lowest BCUT2D eigenvalue weighted by Gasteiger charge is -2.28. The molecule has 27 heavy (non-hydrogen) atoms. The van der Waals surface area contributed by atoms with Crippen molar-refractivity contribution in [3.63, 3.8) is 0 Å². The van der Waals surface area contributed by atoms with Gasteiger partial charge in [-0.05, 0) is 24.3 Å². The minimum absolute atomic E-state index is 0.0970. The Morgan fingerprint density at radius 2 is 1.96 bits per heavy atom. The van der Waals surface area contributed by atoms with Crippen LogP contribution in [0, 0.1) is 0 Å². The Morgan fingerprint density at radius 3 is 2.85 bits per heavy atom. The number of fused-ring (bicyclic) bond motifs is 2. The molecule has 1 aliphatic rings. The van der Waals surface area contributed by atoms with E-state index in [1.807, 2.05) is 30.3 Å². The molecule has 0 saturated heterocycles. The molecule has 0 aliphatic carbocycles. The number of anilines is 1. The standard InChI is InChI=1S/C19H15N5O3/c25-18(11-24-16-7-3-4-8-17(16)27-12-19(24)26)23-21-10-13-9-20-14-5-1-2-6-15(14)22-13/h1-10H,11-12H2,(H,23,25)/b21-10-. The molecule has 1 aromatic heterocycles. The van der Waals surface area contributed by atoms with Crippen molar-refractivity contribution >= 4 is 34.7 Å². The molecule has 134 valence electrons. The molecular weight excluding hydrogens is 346 g/mol. The van der Waals surface area contributed by atoms with E-state index in [2.05, 4.69) is 20.5 Å². The third-order valence-electron chi connectivity index (χ3n) is 3.96. The SMILES string of the molecule is O=C(CN1C(=O)COc2ccccc21)N/N=C\c1cnc2ccccc2n1. The normalized spacial score (nSPS) is 13.5. The first kappa shape index (κ1) is 16.6. The highest BCUT2D eigenvalue weighted by Gasteiger charge is 2.26. The topological polar surface area (TPSA) is 96.8 Å². The predicted molar refractivity (Wildman–Crippen MR) is 99.6 cm³/mol. The number of aromatic nitrogens is 2. The first-order valence-electron chi connectivity index (χ1n) is 8.26. The summed E-state index contributed by atoms with van der Waals surface area (Å²) in [6, 6.07) is 14.5. The summed E-state index contributed by atoms with van der Waals surface area (Å²) in [4.78, 5) is 34.3. The number of nitrogens with one attached hydrogen (secondary N) is 1. The molecular formula is C19H15N5O3. The van der Waals surface area contributed by atoms with Gasteiger partial charge in [0.15, 0.2) is 6.61 Å². The summed E-state index contributed by atoms with van der Waals surface area (Å²) in [5.41, 5.74) is 5.00. The molecule has 0 spiro atoms. The van der Waals surface area contributed by atoms with Crippen LogP contribution in [0.1, 0.15) is 5.69 Å². The van der Waals surface area contributed by atoms with Gasteiger partial charge in [-0.1, -0.05) is 24.3 Å². The van der Waals surface area contributed by atoms with Gasteiger partial charge in [-0.25, -0.2) is 10.4 Å². The number of benzene rings is 2. The summed E-state index contributed by atoms with van der Waals surface area (Å²) in [7, 11) is 0. The molecule has 0 bridgehead atoms. The van der Waals surface area contributed by atoms with Crippen molar-refractivity contribution in [2.45, 2.75) is 0 Å².